The largest absolute Gasteiger partial charge is 0.472 e. The number of aliphatic hydroxyl groups excluding tert-OH is 10. The van der Waals surface area contributed by atoms with Crippen molar-refractivity contribution in [3.63, 3.8) is 0 Å². The van der Waals surface area contributed by atoms with Gasteiger partial charge in [-0.05, 0) is 19.3 Å². The van der Waals surface area contributed by atoms with E-state index in [2.05, 4.69) is 20.8 Å². The van der Waals surface area contributed by atoms with Gasteiger partial charge >= 0.3 is 25.7 Å². The van der Waals surface area contributed by atoms with Crippen LogP contribution in [0.25, 0.3) is 0 Å². The van der Waals surface area contributed by atoms with Crippen molar-refractivity contribution in [2.45, 2.75) is 427 Å². The number of phosphoric ester groups is 1. The van der Waals surface area contributed by atoms with E-state index in [4.69, 9.17) is 42.2 Å². The molecule has 18 unspecified atom stereocenters. The molecule has 0 aromatic rings. The molecular formula is C74H139O24P. The molecule has 0 bridgehead atoms. The molecule has 0 spiro atoms. The Bertz CT molecular complexity index is 2050. The maximum Gasteiger partial charge on any atom is 0.472 e. The summed E-state index contributed by atoms with van der Waals surface area (Å²) in [6.07, 6.45) is 14.3. The molecule has 3 fully saturated rings. The molecule has 1 aliphatic carbocycles. The molecule has 2 heterocycles. The van der Waals surface area contributed by atoms with Crippen LogP contribution in [0, 0.1) is 0 Å². The van der Waals surface area contributed by atoms with Crippen LogP contribution in [-0.4, -0.2) is 204 Å². The summed E-state index contributed by atoms with van der Waals surface area (Å²) in [5.41, 5.74) is 0. The number of hydrogen-bond donors (Lipinski definition) is 11. The molecule has 0 aromatic heterocycles. The Labute approximate surface area is 593 Å². The lowest BCUT2D eigenvalue weighted by molar-refractivity contribution is -0.360. The molecule has 25 heteroatoms. The summed E-state index contributed by atoms with van der Waals surface area (Å²) in [7, 11) is -5.69. The highest BCUT2D eigenvalue weighted by molar-refractivity contribution is 7.47. The second-order valence-corrected chi connectivity index (χ2v) is 29.8. The van der Waals surface area contributed by atoms with Crippen molar-refractivity contribution in [2.24, 2.45) is 0 Å². The van der Waals surface area contributed by atoms with E-state index in [0.29, 0.717) is 19.3 Å². The summed E-state index contributed by atoms with van der Waals surface area (Å²) >= 11 is 0. The topological polar surface area (TPSA) is 374 Å². The molecule has 11 N–H and O–H groups in total. The standard InChI is InChI=1S/C74H139O24P/c1-4-7-10-13-16-19-22-25-28-31-34-37-40-43-46-49-59(77)91-54-57-62(80)64(82)69(87)74(95-57)97-71-67(85)65(83)66(84)70(96-73-68(86)63(81)61(79)56(51-75)94-73)72(71)98-99(88,89)92-53-55(52-90-58(76)48-45-42-39-36-33-30-27-24-21-18-15-12-9-6-3)93-60(78)50-47-44-41-38-35-32-29-26-23-20-17-14-11-8-5-2/h55-57,61-75,79-87H,4-54H2,1-3H3,(H,88,89). The zero-order chi connectivity index (χ0) is 72.5. The number of hydrogen-bond acceptors (Lipinski definition) is 23. The Kier molecular flexibility index (Phi) is 51.9. The van der Waals surface area contributed by atoms with Crippen molar-refractivity contribution in [1.29, 1.82) is 0 Å². The van der Waals surface area contributed by atoms with Crippen molar-refractivity contribution in [3.05, 3.63) is 0 Å². The predicted molar refractivity (Wildman–Crippen MR) is 375 cm³/mol. The van der Waals surface area contributed by atoms with Crippen molar-refractivity contribution < 1.29 is 117 Å². The van der Waals surface area contributed by atoms with E-state index in [1.165, 1.54) is 173 Å². The van der Waals surface area contributed by atoms with Crippen molar-refractivity contribution in [1.82, 2.24) is 0 Å². The number of aliphatic hydroxyl groups is 10. The maximum atomic E-state index is 14.3. The van der Waals surface area contributed by atoms with E-state index in [0.717, 1.165) is 89.9 Å². The number of carbonyl (C=O) groups is 3. The Morgan fingerprint density at radius 1 is 0.354 bits per heavy atom. The van der Waals surface area contributed by atoms with Gasteiger partial charge in [0.1, 0.15) is 98.7 Å². The third kappa shape index (κ3) is 39.2. The lowest BCUT2D eigenvalue weighted by Gasteiger charge is -2.49. The van der Waals surface area contributed by atoms with Gasteiger partial charge in [0, 0.05) is 19.3 Å². The van der Waals surface area contributed by atoms with E-state index in [1.54, 1.807) is 0 Å². The third-order valence-corrected chi connectivity index (χ3v) is 20.6. The van der Waals surface area contributed by atoms with Gasteiger partial charge in [-0.1, -0.05) is 284 Å². The molecule has 3 aliphatic rings. The summed E-state index contributed by atoms with van der Waals surface area (Å²) in [6.45, 7) is 3.49. The van der Waals surface area contributed by atoms with Crippen LogP contribution in [0.15, 0.2) is 0 Å². The second-order valence-electron chi connectivity index (χ2n) is 28.4. The van der Waals surface area contributed by atoms with Crippen molar-refractivity contribution in [2.75, 3.05) is 26.4 Å². The molecule has 584 valence electrons. The SMILES string of the molecule is CCCCCCCCCCCCCCCCCC(=O)OCC1OC(OC2C(O)C(O)C(O)C(OC3OC(CO)C(O)C(O)C3O)C2OP(=O)(O)OCC(COC(=O)CCCCCCCCCCCCCCCC)OC(=O)CCCCCCCCCCCCCCCCC)C(O)C(O)C1O. The average molecular weight is 1440 g/mol. The van der Waals surface area contributed by atoms with Gasteiger partial charge in [0.05, 0.1) is 13.2 Å². The summed E-state index contributed by atoms with van der Waals surface area (Å²) in [5.74, 6) is -1.97. The Morgan fingerprint density at radius 2 is 0.646 bits per heavy atom. The summed E-state index contributed by atoms with van der Waals surface area (Å²) < 4.78 is 65.1. The monoisotopic (exact) mass is 1440 g/mol. The number of carbonyl (C=O) groups excluding carboxylic acids is 3. The van der Waals surface area contributed by atoms with Gasteiger partial charge in [-0.15, -0.1) is 0 Å². The highest BCUT2D eigenvalue weighted by Crippen LogP contribution is 2.49. The van der Waals surface area contributed by atoms with Crippen LogP contribution in [0.2, 0.25) is 0 Å². The lowest BCUT2D eigenvalue weighted by atomic mass is 9.84. The first-order valence-electron chi connectivity index (χ1n) is 39.3. The van der Waals surface area contributed by atoms with Crippen LogP contribution >= 0.6 is 7.82 Å². The second kappa shape index (κ2) is 56.3. The van der Waals surface area contributed by atoms with Gasteiger partial charge in [0.2, 0.25) is 0 Å². The van der Waals surface area contributed by atoms with Gasteiger partial charge < -0.3 is 89.1 Å². The number of esters is 3. The molecule has 2 aliphatic heterocycles. The first kappa shape index (κ1) is 91.2. The summed E-state index contributed by atoms with van der Waals surface area (Å²) in [5, 5.41) is 110. The fourth-order valence-electron chi connectivity index (χ4n) is 13.2. The molecule has 0 aromatic carbocycles. The highest BCUT2D eigenvalue weighted by atomic mass is 31.2. The fourth-order valence-corrected chi connectivity index (χ4v) is 14.2. The molecule has 3 rings (SSSR count). The van der Waals surface area contributed by atoms with E-state index >= 15 is 0 Å². The van der Waals surface area contributed by atoms with Crippen molar-refractivity contribution in [3.8, 4) is 0 Å². The molecule has 2 saturated heterocycles. The van der Waals surface area contributed by atoms with Crippen molar-refractivity contribution >= 4 is 25.7 Å². The van der Waals surface area contributed by atoms with Gasteiger partial charge in [-0.25, -0.2) is 4.57 Å². The lowest BCUT2D eigenvalue weighted by Crippen LogP contribution is -2.69. The fraction of sp³-hybridized carbons (Fsp3) is 0.959. The number of phosphoric acid groups is 1. The predicted octanol–water partition coefficient (Wildman–Crippen LogP) is 11.4. The van der Waals surface area contributed by atoms with Crippen LogP contribution in [0.1, 0.15) is 323 Å². The van der Waals surface area contributed by atoms with Crippen LogP contribution in [0.3, 0.4) is 0 Å². The zero-order valence-corrected chi connectivity index (χ0v) is 61.9. The Morgan fingerprint density at radius 3 is 0.990 bits per heavy atom. The average Bonchev–Trinajstić information content (AvgIpc) is 0.763. The molecular weight excluding hydrogens is 1300 g/mol. The number of unbranched alkanes of at least 4 members (excludes halogenated alkanes) is 41. The molecule has 99 heavy (non-hydrogen) atoms. The first-order valence-corrected chi connectivity index (χ1v) is 40.8. The van der Waals surface area contributed by atoms with Gasteiger partial charge in [0.15, 0.2) is 18.7 Å². The minimum Gasteiger partial charge on any atom is -0.463 e. The number of rotatable bonds is 62. The molecule has 24 nitrogen and oxygen atoms in total. The van der Waals surface area contributed by atoms with Crippen LogP contribution in [0.5, 0.6) is 0 Å². The van der Waals surface area contributed by atoms with Crippen LogP contribution < -0.4 is 0 Å². The van der Waals surface area contributed by atoms with Crippen LogP contribution in [0.4, 0.5) is 0 Å². The van der Waals surface area contributed by atoms with Gasteiger partial charge in [-0.2, -0.15) is 0 Å². The maximum absolute atomic E-state index is 14.3. The highest BCUT2D eigenvalue weighted by Gasteiger charge is 2.58. The van der Waals surface area contributed by atoms with E-state index in [9.17, 15) is 74.9 Å². The Balaban J connectivity index is 1.71. The summed E-state index contributed by atoms with van der Waals surface area (Å²) in [4.78, 5) is 51.1. The minimum absolute atomic E-state index is 0.0329. The van der Waals surface area contributed by atoms with Gasteiger partial charge in [0.25, 0.3) is 0 Å². The normalized spacial score (nSPS) is 27.4. The third-order valence-electron chi connectivity index (χ3n) is 19.6. The molecule has 0 radical (unpaired) electrons. The summed E-state index contributed by atoms with van der Waals surface area (Å²) in [6, 6.07) is 0. The van der Waals surface area contributed by atoms with Gasteiger partial charge in [-0.3, -0.25) is 23.4 Å². The molecule has 18 atom stereocenters. The molecule has 1 saturated carbocycles. The van der Waals surface area contributed by atoms with E-state index in [1.807, 2.05) is 0 Å². The van der Waals surface area contributed by atoms with E-state index in [-0.39, 0.29) is 19.3 Å². The first-order chi connectivity index (χ1) is 47.8. The zero-order valence-electron chi connectivity index (χ0n) is 61.1. The Hall–Kier alpha value is -2.04. The molecule has 0 amide bonds. The quantitative estimate of drug-likeness (QED) is 0.0117. The minimum atomic E-state index is -5.69. The number of ether oxygens (including phenoxy) is 7. The van der Waals surface area contributed by atoms with E-state index < -0.39 is 156 Å². The van der Waals surface area contributed by atoms with Crippen LogP contribution in [-0.2, 0) is 61.2 Å². The smallest absolute Gasteiger partial charge is 0.463 e.